The van der Waals surface area contributed by atoms with E-state index in [0.717, 1.165) is 42.9 Å². The fraction of sp³-hybridized carbons (Fsp3) is 0.474. The van der Waals surface area contributed by atoms with E-state index in [4.69, 9.17) is 0 Å². The summed E-state index contributed by atoms with van der Waals surface area (Å²) in [6.07, 6.45) is 5.50. The van der Waals surface area contributed by atoms with Crippen molar-refractivity contribution in [2.75, 3.05) is 13.1 Å². The van der Waals surface area contributed by atoms with Gasteiger partial charge in [0.2, 0.25) is 5.91 Å². The average molecular weight is 343 g/mol. The summed E-state index contributed by atoms with van der Waals surface area (Å²) in [7, 11) is 0. The minimum atomic E-state index is 0.217. The van der Waals surface area contributed by atoms with Gasteiger partial charge in [-0.1, -0.05) is 6.07 Å². The van der Waals surface area contributed by atoms with Gasteiger partial charge in [0.15, 0.2) is 0 Å². The van der Waals surface area contributed by atoms with Gasteiger partial charge in [-0.3, -0.25) is 9.78 Å². The van der Waals surface area contributed by atoms with Crippen LogP contribution in [0.3, 0.4) is 0 Å². The van der Waals surface area contributed by atoms with E-state index in [1.807, 2.05) is 18.2 Å². The van der Waals surface area contributed by atoms with Crippen LogP contribution in [0.25, 0.3) is 0 Å². The van der Waals surface area contributed by atoms with Crippen LogP contribution in [0.2, 0.25) is 0 Å². The SMILES string of the molecule is Cc1ccc(CC(=O)N(Cc2ccccn2)C2CCCNCC2)s1. The van der Waals surface area contributed by atoms with Crippen molar-refractivity contribution in [1.82, 2.24) is 15.2 Å². The molecule has 2 aromatic rings. The number of pyridine rings is 1. The molecule has 2 aromatic heterocycles. The first-order valence-electron chi connectivity index (χ1n) is 8.68. The van der Waals surface area contributed by atoms with Crippen molar-refractivity contribution in [3.8, 4) is 0 Å². The second-order valence-electron chi connectivity index (χ2n) is 6.37. The maximum absolute atomic E-state index is 13.0. The second-order valence-corrected chi connectivity index (χ2v) is 7.74. The molecule has 1 atom stereocenters. The molecular formula is C19H25N3OS. The Hall–Kier alpha value is -1.72. The number of carbonyl (C=O) groups excluding carboxylic acids is 1. The van der Waals surface area contributed by atoms with E-state index in [2.05, 4.69) is 34.3 Å². The first-order chi connectivity index (χ1) is 11.7. The summed E-state index contributed by atoms with van der Waals surface area (Å²) in [6, 6.07) is 10.4. The first kappa shape index (κ1) is 17.1. The average Bonchev–Trinajstić information content (AvgIpc) is 2.84. The monoisotopic (exact) mass is 343 g/mol. The summed E-state index contributed by atoms with van der Waals surface area (Å²) in [5.74, 6) is 0.217. The molecule has 1 aliphatic rings. The Balaban J connectivity index is 1.75. The van der Waals surface area contributed by atoms with Gasteiger partial charge in [-0.25, -0.2) is 0 Å². The molecule has 5 heteroatoms. The van der Waals surface area contributed by atoms with E-state index in [0.29, 0.717) is 19.0 Å². The number of thiophene rings is 1. The number of aryl methyl sites for hydroxylation is 1. The highest BCUT2D eigenvalue weighted by Crippen LogP contribution is 2.21. The van der Waals surface area contributed by atoms with Gasteiger partial charge in [0.05, 0.1) is 18.7 Å². The quantitative estimate of drug-likeness (QED) is 0.907. The van der Waals surface area contributed by atoms with Crippen LogP contribution >= 0.6 is 11.3 Å². The fourth-order valence-electron chi connectivity index (χ4n) is 3.23. The van der Waals surface area contributed by atoms with E-state index in [1.54, 1.807) is 17.5 Å². The molecule has 0 aliphatic carbocycles. The molecule has 3 rings (SSSR count). The second kappa shape index (κ2) is 8.40. The van der Waals surface area contributed by atoms with Crippen LogP contribution in [-0.2, 0) is 17.8 Å². The molecule has 1 saturated heterocycles. The van der Waals surface area contributed by atoms with Gasteiger partial charge < -0.3 is 10.2 Å². The third kappa shape index (κ3) is 4.65. The van der Waals surface area contributed by atoms with Crippen molar-refractivity contribution in [2.45, 2.75) is 45.2 Å². The van der Waals surface area contributed by atoms with E-state index >= 15 is 0 Å². The molecule has 0 bridgehead atoms. The smallest absolute Gasteiger partial charge is 0.228 e. The van der Waals surface area contributed by atoms with Gasteiger partial charge in [0, 0.05) is 22.0 Å². The van der Waals surface area contributed by atoms with Crippen LogP contribution in [0, 0.1) is 6.92 Å². The van der Waals surface area contributed by atoms with E-state index in [1.165, 1.54) is 4.88 Å². The van der Waals surface area contributed by atoms with Crippen molar-refractivity contribution in [3.05, 3.63) is 52.0 Å². The van der Waals surface area contributed by atoms with E-state index < -0.39 is 0 Å². The molecule has 4 nitrogen and oxygen atoms in total. The Labute approximate surface area is 147 Å². The van der Waals surface area contributed by atoms with Crippen molar-refractivity contribution < 1.29 is 4.79 Å². The number of hydrogen-bond donors (Lipinski definition) is 1. The molecule has 1 unspecified atom stereocenters. The summed E-state index contributed by atoms with van der Waals surface area (Å²) >= 11 is 1.72. The lowest BCUT2D eigenvalue weighted by atomic mass is 10.1. The fourth-order valence-corrected chi connectivity index (χ4v) is 4.11. The summed E-state index contributed by atoms with van der Waals surface area (Å²) in [5, 5.41) is 3.44. The molecule has 24 heavy (non-hydrogen) atoms. The number of aromatic nitrogens is 1. The topological polar surface area (TPSA) is 45.2 Å². The Morgan fingerprint density at radius 1 is 1.29 bits per heavy atom. The van der Waals surface area contributed by atoms with Crippen molar-refractivity contribution >= 4 is 17.2 Å². The Kier molecular flexibility index (Phi) is 5.99. The lowest BCUT2D eigenvalue weighted by molar-refractivity contribution is -0.133. The molecule has 1 fully saturated rings. The zero-order valence-corrected chi connectivity index (χ0v) is 15.0. The highest BCUT2D eigenvalue weighted by atomic mass is 32.1. The predicted molar refractivity (Wildman–Crippen MR) is 98.1 cm³/mol. The minimum Gasteiger partial charge on any atom is -0.333 e. The largest absolute Gasteiger partial charge is 0.333 e. The Morgan fingerprint density at radius 2 is 2.21 bits per heavy atom. The summed E-state index contributed by atoms with van der Waals surface area (Å²) < 4.78 is 0. The zero-order chi connectivity index (χ0) is 16.8. The third-order valence-electron chi connectivity index (χ3n) is 4.49. The Bertz CT molecular complexity index is 648. The normalized spacial score (nSPS) is 18.1. The molecule has 1 aliphatic heterocycles. The lowest BCUT2D eigenvalue weighted by Gasteiger charge is -2.31. The van der Waals surface area contributed by atoms with Crippen molar-refractivity contribution in [1.29, 1.82) is 0 Å². The molecular weight excluding hydrogens is 318 g/mol. The lowest BCUT2D eigenvalue weighted by Crippen LogP contribution is -2.41. The number of nitrogens with one attached hydrogen (secondary N) is 1. The molecule has 0 spiro atoms. The first-order valence-corrected chi connectivity index (χ1v) is 9.49. The van der Waals surface area contributed by atoms with Crippen molar-refractivity contribution in [2.24, 2.45) is 0 Å². The third-order valence-corrected chi connectivity index (χ3v) is 5.49. The van der Waals surface area contributed by atoms with Gasteiger partial charge in [-0.05, 0) is 63.5 Å². The van der Waals surface area contributed by atoms with Gasteiger partial charge in [0.1, 0.15) is 0 Å². The molecule has 3 heterocycles. The van der Waals surface area contributed by atoms with E-state index in [9.17, 15) is 4.79 Å². The van der Waals surface area contributed by atoms with Crippen LogP contribution in [-0.4, -0.2) is 34.9 Å². The number of carbonyl (C=O) groups is 1. The van der Waals surface area contributed by atoms with Crippen molar-refractivity contribution in [3.63, 3.8) is 0 Å². The molecule has 128 valence electrons. The highest BCUT2D eigenvalue weighted by Gasteiger charge is 2.25. The van der Waals surface area contributed by atoms with Gasteiger partial charge in [0.25, 0.3) is 0 Å². The standard InChI is InChI=1S/C19H25N3OS/c1-15-7-8-18(24-15)13-19(23)22(14-16-5-2-3-11-21-16)17-6-4-10-20-12-9-17/h2-3,5,7-8,11,17,20H,4,6,9-10,12-14H2,1H3. The van der Waals surface area contributed by atoms with Crippen LogP contribution in [0.5, 0.6) is 0 Å². The predicted octanol–water partition coefficient (Wildman–Crippen LogP) is 3.16. The van der Waals surface area contributed by atoms with Crippen LogP contribution < -0.4 is 5.32 Å². The van der Waals surface area contributed by atoms with Gasteiger partial charge in [-0.15, -0.1) is 11.3 Å². The molecule has 0 aromatic carbocycles. The number of nitrogens with zero attached hydrogens (tertiary/aromatic N) is 2. The minimum absolute atomic E-state index is 0.217. The zero-order valence-electron chi connectivity index (χ0n) is 14.2. The Morgan fingerprint density at radius 3 is 2.96 bits per heavy atom. The summed E-state index contributed by atoms with van der Waals surface area (Å²) in [6.45, 7) is 4.72. The maximum Gasteiger partial charge on any atom is 0.228 e. The molecule has 0 saturated carbocycles. The highest BCUT2D eigenvalue weighted by molar-refractivity contribution is 7.12. The van der Waals surface area contributed by atoms with Gasteiger partial charge >= 0.3 is 0 Å². The summed E-state index contributed by atoms with van der Waals surface area (Å²) in [5.41, 5.74) is 0.963. The molecule has 1 N–H and O–H groups in total. The number of rotatable bonds is 5. The van der Waals surface area contributed by atoms with Gasteiger partial charge in [-0.2, -0.15) is 0 Å². The number of amides is 1. The molecule has 1 amide bonds. The van der Waals surface area contributed by atoms with E-state index in [-0.39, 0.29) is 5.91 Å². The molecule has 0 radical (unpaired) electrons. The number of hydrogen-bond acceptors (Lipinski definition) is 4. The summed E-state index contributed by atoms with van der Waals surface area (Å²) in [4.78, 5) is 21.9. The van der Waals surface area contributed by atoms with Crippen LogP contribution in [0.15, 0.2) is 36.5 Å². The maximum atomic E-state index is 13.0. The van der Waals surface area contributed by atoms with Crippen LogP contribution in [0.4, 0.5) is 0 Å². The van der Waals surface area contributed by atoms with Crippen LogP contribution in [0.1, 0.15) is 34.7 Å².